The number of carbonyl (C=O) groups is 2. The van der Waals surface area contributed by atoms with Crippen molar-refractivity contribution in [2.75, 3.05) is 0 Å². The Kier molecular flexibility index (Phi) is 5.49. The van der Waals surface area contributed by atoms with Crippen LogP contribution in [0.25, 0.3) is 0 Å². The van der Waals surface area contributed by atoms with Crippen molar-refractivity contribution in [2.45, 2.75) is 68.6 Å². The molecule has 0 aliphatic heterocycles. The molecule has 3 aliphatic carbocycles. The normalized spacial score (nSPS) is 28.9. The van der Waals surface area contributed by atoms with Gasteiger partial charge in [0.05, 0.1) is 5.41 Å². The summed E-state index contributed by atoms with van der Waals surface area (Å²) in [5, 5.41) is 31.4. The van der Waals surface area contributed by atoms with Crippen LogP contribution in [-0.4, -0.2) is 31.0 Å². The highest BCUT2D eigenvalue weighted by molar-refractivity contribution is 14.1. The Bertz CT molecular complexity index is 794. The summed E-state index contributed by atoms with van der Waals surface area (Å²) in [7, 11) is 0. The van der Waals surface area contributed by atoms with Crippen LogP contribution >= 0.6 is 22.6 Å². The minimum absolute atomic E-state index is 0.0715. The number of rotatable bonds is 6. The molecule has 0 heterocycles. The van der Waals surface area contributed by atoms with Gasteiger partial charge in [0.2, 0.25) is 0 Å². The number of aromatic hydroxyl groups is 2. The molecule has 0 spiro atoms. The first-order chi connectivity index (χ1) is 12.9. The summed E-state index contributed by atoms with van der Waals surface area (Å²) in [4.78, 5) is 24.5. The third kappa shape index (κ3) is 3.21. The number of hydrogen-bond acceptors (Lipinski definition) is 4. The maximum atomic E-state index is 12.5. The number of phenols is 2. The predicted octanol–water partition coefficient (Wildman–Crippen LogP) is 4.76. The summed E-state index contributed by atoms with van der Waals surface area (Å²) in [6.07, 6.45) is 2.34. The number of alkyl halides is 1. The van der Waals surface area contributed by atoms with Gasteiger partial charge in [0, 0.05) is 27.7 Å². The Morgan fingerprint density at radius 3 is 2.32 bits per heavy atom. The second-order valence-electron chi connectivity index (χ2n) is 9.27. The van der Waals surface area contributed by atoms with E-state index < -0.39 is 11.4 Å². The maximum absolute atomic E-state index is 12.5. The number of ketones is 1. The van der Waals surface area contributed by atoms with Gasteiger partial charge in [0.15, 0.2) is 0 Å². The minimum atomic E-state index is -1.21. The van der Waals surface area contributed by atoms with E-state index in [0.29, 0.717) is 24.0 Å². The number of aliphatic carboxylic acids is 1. The molecule has 0 saturated heterocycles. The van der Waals surface area contributed by atoms with E-state index >= 15 is 0 Å². The third-order valence-electron chi connectivity index (χ3n) is 7.33. The molecule has 3 aliphatic rings. The van der Waals surface area contributed by atoms with Crippen LogP contribution in [0, 0.1) is 17.3 Å². The topological polar surface area (TPSA) is 94.8 Å². The third-order valence-corrected chi connectivity index (χ3v) is 8.65. The van der Waals surface area contributed by atoms with E-state index in [-0.39, 0.29) is 44.4 Å². The molecule has 0 aromatic heterocycles. The molecule has 5 atom stereocenters. The molecule has 3 N–H and O–H groups in total. The molecular formula is C22H29IO5. The first-order valence-corrected chi connectivity index (χ1v) is 11.1. The fourth-order valence-corrected chi connectivity index (χ4v) is 6.11. The monoisotopic (exact) mass is 500 g/mol. The van der Waals surface area contributed by atoms with Crippen LogP contribution in [-0.2, 0) is 15.0 Å². The second kappa shape index (κ2) is 7.18. The van der Waals surface area contributed by atoms with Gasteiger partial charge >= 0.3 is 5.97 Å². The smallest absolute Gasteiger partial charge is 0.313 e. The van der Waals surface area contributed by atoms with E-state index in [0.717, 1.165) is 12.8 Å². The molecule has 1 aromatic rings. The zero-order valence-corrected chi connectivity index (χ0v) is 19.0. The molecule has 0 radical (unpaired) electrons. The van der Waals surface area contributed by atoms with E-state index in [2.05, 4.69) is 36.4 Å². The largest absolute Gasteiger partial charge is 0.508 e. The molecule has 28 heavy (non-hydrogen) atoms. The highest BCUT2D eigenvalue weighted by Gasteiger charge is 2.59. The van der Waals surface area contributed by atoms with Gasteiger partial charge in [-0.15, -0.1) is 0 Å². The van der Waals surface area contributed by atoms with Crippen LogP contribution in [0.2, 0.25) is 0 Å². The van der Waals surface area contributed by atoms with Crippen LogP contribution < -0.4 is 0 Å². The van der Waals surface area contributed by atoms with Crippen molar-refractivity contribution in [1.82, 2.24) is 0 Å². The van der Waals surface area contributed by atoms with E-state index in [4.69, 9.17) is 0 Å². The van der Waals surface area contributed by atoms with Crippen LogP contribution in [0.5, 0.6) is 11.5 Å². The van der Waals surface area contributed by atoms with Crippen LogP contribution in [0.15, 0.2) is 12.1 Å². The van der Waals surface area contributed by atoms with E-state index in [1.54, 1.807) is 6.92 Å². The summed E-state index contributed by atoms with van der Waals surface area (Å²) in [6.45, 7) is 7.79. The Morgan fingerprint density at radius 1 is 1.32 bits per heavy atom. The lowest BCUT2D eigenvalue weighted by molar-refractivity contribution is -0.151. The molecular weight excluding hydrogens is 471 g/mol. The zero-order valence-electron chi connectivity index (χ0n) is 16.8. The zero-order chi connectivity index (χ0) is 21.0. The minimum Gasteiger partial charge on any atom is -0.508 e. The molecule has 4 rings (SSSR count). The molecule has 2 unspecified atom stereocenters. The highest BCUT2D eigenvalue weighted by Crippen LogP contribution is 2.64. The van der Waals surface area contributed by atoms with Crippen LogP contribution in [0.1, 0.15) is 70.4 Å². The number of carbonyl (C=O) groups excluding carboxylic acids is 1. The maximum Gasteiger partial charge on any atom is 0.313 e. The number of carboxylic acids is 1. The van der Waals surface area contributed by atoms with Gasteiger partial charge in [0.25, 0.3) is 0 Å². The fraction of sp³-hybridized carbons (Fsp3) is 0.636. The van der Waals surface area contributed by atoms with Crippen molar-refractivity contribution in [3.05, 3.63) is 23.3 Å². The van der Waals surface area contributed by atoms with Gasteiger partial charge in [0.1, 0.15) is 17.3 Å². The highest BCUT2D eigenvalue weighted by atomic mass is 127. The van der Waals surface area contributed by atoms with Gasteiger partial charge in [-0.2, -0.15) is 0 Å². The second-order valence-corrected chi connectivity index (χ2v) is 11.0. The Labute approximate surface area is 179 Å². The van der Waals surface area contributed by atoms with Gasteiger partial charge < -0.3 is 15.3 Å². The molecule has 6 heteroatoms. The molecule has 154 valence electrons. The van der Waals surface area contributed by atoms with Crippen molar-refractivity contribution in [1.29, 1.82) is 0 Å². The first kappa shape index (κ1) is 21.4. The van der Waals surface area contributed by atoms with Crippen molar-refractivity contribution in [3.8, 4) is 11.5 Å². The molecule has 1 aromatic carbocycles. The van der Waals surface area contributed by atoms with E-state index in [1.807, 2.05) is 6.92 Å². The first-order valence-electron chi connectivity index (χ1n) is 9.90. The standard InChI is InChI=1S/C22H29IO5/c1-5-12(23)10-22(4,20(27)28)11-6-17(25)19(18(26)7-11)13-8-16(24)15-9-14(13)21(15,2)3/h6-7,12-15,25-26H,5,8-10H2,1-4H3,(H,27,28)/t12?,13-,14-,15+,22?/m1/s1. The summed E-state index contributed by atoms with van der Waals surface area (Å²) in [6, 6.07) is 2.95. The quantitative estimate of drug-likeness (QED) is 0.387. The molecule has 0 amide bonds. The van der Waals surface area contributed by atoms with Crippen molar-refractivity contribution < 1.29 is 24.9 Å². The number of phenolic OH excluding ortho intramolecular Hbond substituents is 2. The lowest BCUT2D eigenvalue weighted by Gasteiger charge is -2.59. The molecule has 3 fully saturated rings. The van der Waals surface area contributed by atoms with Gasteiger partial charge in [-0.05, 0) is 55.2 Å². The number of Topliss-reactive ketones (excluding diaryl/α,β-unsaturated/α-hetero) is 1. The number of carboxylic acid groups (broad SMARTS) is 1. The van der Waals surface area contributed by atoms with Crippen LogP contribution in [0.3, 0.4) is 0 Å². The Balaban J connectivity index is 2.02. The average Bonchev–Trinajstić information content (AvgIpc) is 2.59. The fourth-order valence-electron chi connectivity index (χ4n) is 5.23. The summed E-state index contributed by atoms with van der Waals surface area (Å²) >= 11 is 2.24. The summed E-state index contributed by atoms with van der Waals surface area (Å²) < 4.78 is 0.159. The van der Waals surface area contributed by atoms with E-state index in [9.17, 15) is 24.9 Å². The van der Waals surface area contributed by atoms with Gasteiger partial charge in [-0.1, -0.05) is 43.4 Å². The summed E-state index contributed by atoms with van der Waals surface area (Å²) in [5.74, 6) is -0.947. The lowest BCUT2D eigenvalue weighted by Crippen LogP contribution is -2.56. The molecule has 2 bridgehead atoms. The van der Waals surface area contributed by atoms with Gasteiger partial charge in [-0.25, -0.2) is 0 Å². The molecule has 5 nitrogen and oxygen atoms in total. The number of halogens is 1. The van der Waals surface area contributed by atoms with Crippen molar-refractivity contribution in [2.24, 2.45) is 17.3 Å². The summed E-state index contributed by atoms with van der Waals surface area (Å²) in [5.41, 5.74) is -0.564. The Morgan fingerprint density at radius 2 is 1.89 bits per heavy atom. The van der Waals surface area contributed by atoms with E-state index in [1.165, 1.54) is 12.1 Å². The van der Waals surface area contributed by atoms with Crippen molar-refractivity contribution in [3.63, 3.8) is 0 Å². The lowest BCUT2D eigenvalue weighted by atomic mass is 9.44. The average molecular weight is 500 g/mol. The SMILES string of the molecule is CCC(I)CC(C)(C(=O)O)c1cc(O)c([C@@H]2CC(=O)[C@@H]3C[C@H]2C3(C)C)c(O)c1. The Hall–Kier alpha value is -1.31. The van der Waals surface area contributed by atoms with Crippen LogP contribution in [0.4, 0.5) is 0 Å². The van der Waals surface area contributed by atoms with Crippen molar-refractivity contribution >= 4 is 34.3 Å². The predicted molar refractivity (Wildman–Crippen MR) is 115 cm³/mol. The number of benzene rings is 1. The van der Waals surface area contributed by atoms with Gasteiger partial charge in [-0.3, -0.25) is 9.59 Å². The molecule has 3 saturated carbocycles. The number of fused-ring (bicyclic) bond motifs is 2. The number of hydrogen-bond donors (Lipinski definition) is 3.